The molecule has 5 rings (SSSR count). The van der Waals surface area contributed by atoms with E-state index in [2.05, 4.69) is 34.3 Å². The second-order valence-electron chi connectivity index (χ2n) is 8.22. The van der Waals surface area contributed by atoms with Crippen molar-refractivity contribution in [2.75, 3.05) is 18.0 Å². The number of carbonyl (C=O) groups excluding carboxylic acids is 2. The van der Waals surface area contributed by atoms with E-state index < -0.39 is 0 Å². The standard InChI is InChI=1S/C24H25N3O2/c1-16-6-8-18(9-7-16)27-23(28)14-22(24(27)29)26-12-10-17(11-13-26)20-15-25-21-5-3-2-4-19(20)21/h2-9,15,17,22,25H,10-14H2,1H3/t22-/m0/s1. The number of likely N-dealkylation sites (tertiary alicyclic amines) is 1. The number of aromatic amines is 1. The Morgan fingerprint density at radius 1 is 0.966 bits per heavy atom. The predicted molar refractivity (Wildman–Crippen MR) is 114 cm³/mol. The van der Waals surface area contributed by atoms with Gasteiger partial charge in [-0.2, -0.15) is 0 Å². The number of hydrogen-bond acceptors (Lipinski definition) is 3. The van der Waals surface area contributed by atoms with E-state index in [4.69, 9.17) is 0 Å². The number of imide groups is 1. The van der Waals surface area contributed by atoms with Gasteiger partial charge in [0.25, 0.3) is 5.91 Å². The van der Waals surface area contributed by atoms with E-state index in [0.29, 0.717) is 11.6 Å². The summed E-state index contributed by atoms with van der Waals surface area (Å²) in [4.78, 5) is 32.6. The minimum absolute atomic E-state index is 0.0793. The fourth-order valence-electron chi connectivity index (χ4n) is 4.82. The maximum absolute atomic E-state index is 13.0. The molecule has 2 saturated heterocycles. The molecule has 0 spiro atoms. The highest BCUT2D eigenvalue weighted by molar-refractivity contribution is 6.22. The van der Waals surface area contributed by atoms with Gasteiger partial charge in [0.05, 0.1) is 18.2 Å². The van der Waals surface area contributed by atoms with E-state index in [9.17, 15) is 9.59 Å². The van der Waals surface area contributed by atoms with Crippen LogP contribution in [0.3, 0.4) is 0 Å². The molecule has 5 nitrogen and oxygen atoms in total. The lowest BCUT2D eigenvalue weighted by molar-refractivity contribution is -0.123. The fourth-order valence-corrected chi connectivity index (χ4v) is 4.82. The monoisotopic (exact) mass is 387 g/mol. The van der Waals surface area contributed by atoms with Gasteiger partial charge in [-0.3, -0.25) is 14.5 Å². The van der Waals surface area contributed by atoms with Crippen LogP contribution < -0.4 is 4.90 Å². The maximum atomic E-state index is 13.0. The molecule has 3 heterocycles. The van der Waals surface area contributed by atoms with Gasteiger partial charge in [-0.05, 0) is 62.5 Å². The van der Waals surface area contributed by atoms with Gasteiger partial charge < -0.3 is 4.98 Å². The molecular formula is C24H25N3O2. The first-order valence-electron chi connectivity index (χ1n) is 10.4. The van der Waals surface area contributed by atoms with Gasteiger partial charge in [0.2, 0.25) is 5.91 Å². The molecule has 2 fully saturated rings. The first kappa shape index (κ1) is 18.1. The van der Waals surface area contributed by atoms with Crippen LogP contribution in [0.15, 0.2) is 54.7 Å². The van der Waals surface area contributed by atoms with Crippen LogP contribution in [0, 0.1) is 6.92 Å². The largest absolute Gasteiger partial charge is 0.361 e. The maximum Gasteiger partial charge on any atom is 0.251 e. The zero-order valence-electron chi connectivity index (χ0n) is 16.6. The molecule has 0 aliphatic carbocycles. The van der Waals surface area contributed by atoms with Crippen molar-refractivity contribution >= 4 is 28.4 Å². The molecule has 2 aromatic carbocycles. The molecule has 29 heavy (non-hydrogen) atoms. The van der Waals surface area contributed by atoms with Crippen molar-refractivity contribution in [1.29, 1.82) is 0 Å². The number of hydrogen-bond donors (Lipinski definition) is 1. The number of H-pyrrole nitrogens is 1. The molecule has 0 radical (unpaired) electrons. The molecule has 0 bridgehead atoms. The van der Waals surface area contributed by atoms with E-state index in [1.807, 2.05) is 37.3 Å². The Labute approximate surface area is 170 Å². The molecule has 1 N–H and O–H groups in total. The Morgan fingerprint density at radius 2 is 1.69 bits per heavy atom. The summed E-state index contributed by atoms with van der Waals surface area (Å²) < 4.78 is 0. The second-order valence-corrected chi connectivity index (χ2v) is 8.22. The van der Waals surface area contributed by atoms with Crippen molar-refractivity contribution in [3.8, 4) is 0 Å². The quantitative estimate of drug-likeness (QED) is 0.692. The van der Waals surface area contributed by atoms with Crippen molar-refractivity contribution in [3.63, 3.8) is 0 Å². The van der Waals surface area contributed by atoms with E-state index in [1.54, 1.807) is 0 Å². The zero-order valence-corrected chi connectivity index (χ0v) is 16.6. The molecular weight excluding hydrogens is 362 g/mol. The van der Waals surface area contributed by atoms with Gasteiger partial charge in [0.1, 0.15) is 0 Å². The summed E-state index contributed by atoms with van der Waals surface area (Å²) in [6, 6.07) is 15.7. The number of aromatic nitrogens is 1. The first-order chi connectivity index (χ1) is 14.1. The topological polar surface area (TPSA) is 56.4 Å². The summed E-state index contributed by atoms with van der Waals surface area (Å²) in [5.41, 5.74) is 4.34. The van der Waals surface area contributed by atoms with Crippen molar-refractivity contribution < 1.29 is 9.59 Å². The van der Waals surface area contributed by atoms with Crippen LogP contribution >= 0.6 is 0 Å². The smallest absolute Gasteiger partial charge is 0.251 e. The van der Waals surface area contributed by atoms with Crippen molar-refractivity contribution in [2.24, 2.45) is 0 Å². The SMILES string of the molecule is Cc1ccc(N2C(=O)C[C@H](N3CCC(c4c[nH]c5ccccc45)CC3)C2=O)cc1. The highest BCUT2D eigenvalue weighted by Crippen LogP contribution is 2.35. The number of fused-ring (bicyclic) bond motifs is 1. The van der Waals surface area contributed by atoms with Gasteiger partial charge >= 0.3 is 0 Å². The number of anilines is 1. The van der Waals surface area contributed by atoms with Gasteiger partial charge in [-0.1, -0.05) is 35.9 Å². The third-order valence-electron chi connectivity index (χ3n) is 6.45. The van der Waals surface area contributed by atoms with Crippen LogP contribution in [0.2, 0.25) is 0 Å². The molecule has 0 saturated carbocycles. The molecule has 1 aromatic heterocycles. The van der Waals surface area contributed by atoms with Gasteiger partial charge in [0.15, 0.2) is 0 Å². The van der Waals surface area contributed by atoms with Crippen molar-refractivity contribution in [1.82, 2.24) is 9.88 Å². The number of nitrogens with zero attached hydrogens (tertiary/aromatic N) is 2. The van der Waals surface area contributed by atoms with Crippen molar-refractivity contribution in [2.45, 2.75) is 38.1 Å². The summed E-state index contributed by atoms with van der Waals surface area (Å²) in [5, 5.41) is 1.30. The predicted octanol–water partition coefficient (Wildman–Crippen LogP) is 3.99. The average molecular weight is 387 g/mol. The van der Waals surface area contributed by atoms with Crippen molar-refractivity contribution in [3.05, 3.63) is 65.9 Å². The lowest BCUT2D eigenvalue weighted by Crippen LogP contribution is -2.45. The van der Waals surface area contributed by atoms with E-state index in [-0.39, 0.29) is 24.3 Å². The normalized spacial score (nSPS) is 21.4. The summed E-state index contributed by atoms with van der Waals surface area (Å²) >= 11 is 0. The number of amides is 2. The number of nitrogens with one attached hydrogen (secondary N) is 1. The number of piperidine rings is 1. The Balaban J connectivity index is 1.29. The molecule has 2 aliphatic heterocycles. The summed E-state index contributed by atoms with van der Waals surface area (Å²) in [7, 11) is 0. The number of rotatable bonds is 3. The van der Waals surface area contributed by atoms with E-state index in [1.165, 1.54) is 21.4 Å². The Kier molecular flexibility index (Phi) is 4.47. The lowest BCUT2D eigenvalue weighted by atomic mass is 9.88. The molecule has 5 heteroatoms. The van der Waals surface area contributed by atoms with Crippen LogP contribution in [0.1, 0.15) is 36.3 Å². The van der Waals surface area contributed by atoms with Crippen LogP contribution in [0.4, 0.5) is 5.69 Å². The first-order valence-corrected chi connectivity index (χ1v) is 10.4. The van der Waals surface area contributed by atoms with Crippen LogP contribution in [0.5, 0.6) is 0 Å². The van der Waals surface area contributed by atoms with E-state index in [0.717, 1.165) is 31.5 Å². The molecule has 2 amide bonds. The molecule has 1 atom stereocenters. The molecule has 0 unspecified atom stereocenters. The summed E-state index contributed by atoms with van der Waals surface area (Å²) in [6.45, 7) is 3.68. The minimum atomic E-state index is -0.326. The number of para-hydroxylation sites is 1. The number of benzene rings is 2. The highest BCUT2D eigenvalue weighted by Gasteiger charge is 2.43. The molecule has 148 valence electrons. The number of carbonyl (C=O) groups is 2. The average Bonchev–Trinajstić information content (AvgIpc) is 3.30. The Bertz CT molecular complexity index is 1060. The minimum Gasteiger partial charge on any atom is -0.361 e. The second kappa shape index (κ2) is 7.16. The lowest BCUT2D eigenvalue weighted by Gasteiger charge is -2.34. The van der Waals surface area contributed by atoms with Crippen LogP contribution in [-0.2, 0) is 9.59 Å². The zero-order chi connectivity index (χ0) is 20.0. The third kappa shape index (κ3) is 3.15. The molecule has 3 aromatic rings. The third-order valence-corrected chi connectivity index (χ3v) is 6.45. The molecule has 2 aliphatic rings. The van der Waals surface area contributed by atoms with Crippen LogP contribution in [-0.4, -0.2) is 40.8 Å². The Hall–Kier alpha value is -2.92. The fraction of sp³-hybridized carbons (Fsp3) is 0.333. The summed E-state index contributed by atoms with van der Waals surface area (Å²) in [5.74, 6) is 0.315. The Morgan fingerprint density at radius 3 is 2.45 bits per heavy atom. The van der Waals surface area contributed by atoms with Gasteiger partial charge in [-0.25, -0.2) is 4.90 Å². The van der Waals surface area contributed by atoms with Gasteiger partial charge in [-0.15, -0.1) is 0 Å². The highest BCUT2D eigenvalue weighted by atomic mass is 16.2. The number of aryl methyl sites for hydroxylation is 1. The van der Waals surface area contributed by atoms with E-state index >= 15 is 0 Å². The van der Waals surface area contributed by atoms with Gasteiger partial charge in [0, 0.05) is 17.1 Å². The van der Waals surface area contributed by atoms with Crippen LogP contribution in [0.25, 0.3) is 10.9 Å². The summed E-state index contributed by atoms with van der Waals surface area (Å²) in [6.07, 6.45) is 4.42.